The first-order valence-electron chi connectivity index (χ1n) is 9.43. The Hall–Kier alpha value is -2.08. The van der Waals surface area contributed by atoms with Crippen molar-refractivity contribution in [2.75, 3.05) is 13.7 Å². The number of allylic oxidation sites excluding steroid dienone is 3. The van der Waals surface area contributed by atoms with Gasteiger partial charge in [-0.25, -0.2) is 4.79 Å². The molecular formula is C22H26BrNO4. The zero-order valence-electron chi connectivity index (χ0n) is 16.9. The van der Waals surface area contributed by atoms with E-state index in [1.165, 1.54) is 0 Å². The van der Waals surface area contributed by atoms with Crippen LogP contribution in [0.5, 0.6) is 5.75 Å². The van der Waals surface area contributed by atoms with Crippen molar-refractivity contribution in [2.24, 2.45) is 5.41 Å². The molecule has 1 aromatic rings. The monoisotopic (exact) mass is 447 g/mol. The predicted octanol–water partition coefficient (Wildman–Crippen LogP) is 4.62. The molecule has 150 valence electrons. The second-order valence-electron chi connectivity index (χ2n) is 8.04. The number of ketones is 1. The smallest absolute Gasteiger partial charge is 0.336 e. The largest absolute Gasteiger partial charge is 0.496 e. The molecule has 0 spiro atoms. The summed E-state index contributed by atoms with van der Waals surface area (Å²) in [6.07, 6.45) is 1.21. The van der Waals surface area contributed by atoms with Crippen molar-refractivity contribution in [1.82, 2.24) is 5.32 Å². The summed E-state index contributed by atoms with van der Waals surface area (Å²) in [4.78, 5) is 26.0. The molecule has 0 saturated carbocycles. The highest BCUT2D eigenvalue weighted by molar-refractivity contribution is 9.10. The Labute approximate surface area is 174 Å². The Bertz CT molecular complexity index is 898. The average Bonchev–Trinajstić information content (AvgIpc) is 2.59. The predicted molar refractivity (Wildman–Crippen MR) is 111 cm³/mol. The van der Waals surface area contributed by atoms with Crippen LogP contribution in [0.3, 0.4) is 0 Å². The molecule has 1 aromatic carbocycles. The van der Waals surface area contributed by atoms with E-state index < -0.39 is 11.9 Å². The average molecular weight is 448 g/mol. The van der Waals surface area contributed by atoms with Crippen molar-refractivity contribution >= 4 is 27.7 Å². The summed E-state index contributed by atoms with van der Waals surface area (Å²) in [6.45, 7) is 8.11. The number of hydrogen-bond donors (Lipinski definition) is 1. The van der Waals surface area contributed by atoms with E-state index in [1.54, 1.807) is 14.0 Å². The van der Waals surface area contributed by atoms with Crippen molar-refractivity contribution in [3.05, 3.63) is 50.8 Å². The van der Waals surface area contributed by atoms with Gasteiger partial charge in [0.2, 0.25) is 0 Å². The molecule has 28 heavy (non-hydrogen) atoms. The summed E-state index contributed by atoms with van der Waals surface area (Å²) in [5, 5.41) is 3.33. The van der Waals surface area contributed by atoms with E-state index in [4.69, 9.17) is 9.47 Å². The third-order valence-corrected chi connectivity index (χ3v) is 5.86. The van der Waals surface area contributed by atoms with Gasteiger partial charge in [-0.05, 0) is 59.3 Å². The SMILES string of the molecule is CCOC(=O)C1=C(C)NC2=C(C(=O)CC(C)(C)C2)C1c1ccc(OC)c(Br)c1. The molecule has 6 heteroatoms. The zero-order chi connectivity index (χ0) is 20.6. The van der Waals surface area contributed by atoms with Crippen LogP contribution < -0.4 is 10.1 Å². The summed E-state index contributed by atoms with van der Waals surface area (Å²) in [5.74, 6) is -0.0823. The Morgan fingerprint density at radius 2 is 2.04 bits per heavy atom. The van der Waals surface area contributed by atoms with Crippen LogP contribution in [0.2, 0.25) is 0 Å². The summed E-state index contributed by atoms with van der Waals surface area (Å²) in [5.41, 5.74) is 3.55. The van der Waals surface area contributed by atoms with Gasteiger partial charge in [0.1, 0.15) is 5.75 Å². The first-order valence-corrected chi connectivity index (χ1v) is 10.2. The van der Waals surface area contributed by atoms with E-state index in [2.05, 4.69) is 35.1 Å². The van der Waals surface area contributed by atoms with E-state index in [9.17, 15) is 9.59 Å². The summed E-state index contributed by atoms with van der Waals surface area (Å²) in [6, 6.07) is 5.67. The van der Waals surface area contributed by atoms with Gasteiger partial charge < -0.3 is 14.8 Å². The summed E-state index contributed by atoms with van der Waals surface area (Å²) in [7, 11) is 1.60. The second kappa shape index (κ2) is 7.74. The van der Waals surface area contributed by atoms with Gasteiger partial charge in [0.25, 0.3) is 0 Å². The summed E-state index contributed by atoms with van der Waals surface area (Å²) >= 11 is 3.52. The Balaban J connectivity index is 2.19. The number of halogens is 1. The van der Waals surface area contributed by atoms with Crippen LogP contribution in [0, 0.1) is 5.41 Å². The van der Waals surface area contributed by atoms with Crippen LogP contribution in [0.25, 0.3) is 0 Å². The van der Waals surface area contributed by atoms with Crippen LogP contribution in [0.1, 0.15) is 52.0 Å². The molecule has 0 bridgehead atoms. The normalized spacial score (nSPS) is 21.2. The molecule has 0 saturated heterocycles. The van der Waals surface area contributed by atoms with Crippen molar-refractivity contribution in [3.8, 4) is 5.75 Å². The lowest BCUT2D eigenvalue weighted by atomic mass is 9.68. The minimum atomic E-state index is -0.457. The molecule has 1 unspecified atom stereocenters. The Morgan fingerprint density at radius 3 is 2.64 bits per heavy atom. The van der Waals surface area contributed by atoms with Gasteiger partial charge in [0.05, 0.1) is 23.8 Å². The number of benzene rings is 1. The lowest BCUT2D eigenvalue weighted by Crippen LogP contribution is -2.38. The molecule has 0 fully saturated rings. The fourth-order valence-corrected chi connectivity index (χ4v) is 4.67. The van der Waals surface area contributed by atoms with Gasteiger partial charge in [-0.2, -0.15) is 0 Å². The quantitative estimate of drug-likeness (QED) is 0.681. The van der Waals surface area contributed by atoms with Gasteiger partial charge in [-0.3, -0.25) is 4.79 Å². The molecular weight excluding hydrogens is 422 g/mol. The minimum Gasteiger partial charge on any atom is -0.496 e. The number of dihydropyridines is 1. The first-order chi connectivity index (χ1) is 13.2. The van der Waals surface area contributed by atoms with Gasteiger partial charge in [-0.1, -0.05) is 19.9 Å². The molecule has 1 heterocycles. The van der Waals surface area contributed by atoms with Crippen molar-refractivity contribution in [2.45, 2.75) is 46.5 Å². The third kappa shape index (κ3) is 3.75. The number of methoxy groups -OCH3 is 1. The molecule has 1 N–H and O–H groups in total. The minimum absolute atomic E-state index is 0.0741. The van der Waals surface area contributed by atoms with Crippen molar-refractivity contribution < 1.29 is 19.1 Å². The topological polar surface area (TPSA) is 64.6 Å². The van der Waals surface area contributed by atoms with Crippen LogP contribution in [-0.2, 0) is 14.3 Å². The highest BCUT2D eigenvalue weighted by Crippen LogP contribution is 2.47. The summed E-state index contributed by atoms with van der Waals surface area (Å²) < 4.78 is 11.4. The molecule has 0 amide bonds. The highest BCUT2D eigenvalue weighted by Gasteiger charge is 2.43. The van der Waals surface area contributed by atoms with Crippen LogP contribution >= 0.6 is 15.9 Å². The van der Waals surface area contributed by atoms with Gasteiger partial charge in [0, 0.05) is 29.3 Å². The number of nitrogens with one attached hydrogen (secondary N) is 1. The maximum atomic E-state index is 13.2. The van der Waals surface area contributed by atoms with Crippen molar-refractivity contribution in [1.29, 1.82) is 0 Å². The molecule has 2 aliphatic rings. The number of rotatable bonds is 4. The van der Waals surface area contributed by atoms with Gasteiger partial charge in [-0.15, -0.1) is 0 Å². The number of Topliss-reactive ketones (excluding diaryl/α,β-unsaturated/α-hetero) is 1. The standard InChI is InChI=1S/C22H26BrNO4/c1-6-28-21(26)18-12(2)24-15-10-22(3,4)11-16(25)20(15)19(18)13-7-8-17(27-5)14(23)9-13/h7-9,19,24H,6,10-11H2,1-5H3. The maximum absolute atomic E-state index is 13.2. The molecule has 1 atom stereocenters. The van der Waals surface area contributed by atoms with E-state index in [0.29, 0.717) is 23.3 Å². The van der Waals surface area contributed by atoms with Crippen LogP contribution in [0.15, 0.2) is 45.2 Å². The number of ether oxygens (including phenoxy) is 2. The number of esters is 1. The number of carbonyl (C=O) groups is 2. The maximum Gasteiger partial charge on any atom is 0.336 e. The lowest BCUT2D eigenvalue weighted by Gasteiger charge is -2.39. The van der Waals surface area contributed by atoms with Gasteiger partial charge >= 0.3 is 5.97 Å². The highest BCUT2D eigenvalue weighted by atomic mass is 79.9. The van der Waals surface area contributed by atoms with Crippen molar-refractivity contribution in [3.63, 3.8) is 0 Å². The lowest BCUT2D eigenvalue weighted by molar-refractivity contribution is -0.138. The molecule has 0 radical (unpaired) electrons. The zero-order valence-corrected chi connectivity index (χ0v) is 18.5. The molecule has 0 aromatic heterocycles. The molecule has 5 nitrogen and oxygen atoms in total. The van der Waals surface area contributed by atoms with E-state index in [1.807, 2.05) is 25.1 Å². The number of carbonyl (C=O) groups excluding carboxylic acids is 2. The van der Waals surface area contributed by atoms with E-state index >= 15 is 0 Å². The first kappa shape index (κ1) is 20.6. The fraction of sp³-hybridized carbons (Fsp3) is 0.455. The fourth-order valence-electron chi connectivity index (χ4n) is 4.11. The molecule has 3 rings (SSSR count). The molecule has 1 aliphatic carbocycles. The number of hydrogen-bond acceptors (Lipinski definition) is 5. The van der Waals surface area contributed by atoms with E-state index in [-0.39, 0.29) is 17.8 Å². The molecule has 1 aliphatic heterocycles. The van der Waals surface area contributed by atoms with Gasteiger partial charge in [0.15, 0.2) is 5.78 Å². The van der Waals surface area contributed by atoms with E-state index in [0.717, 1.165) is 27.9 Å². The second-order valence-corrected chi connectivity index (χ2v) is 8.90. The third-order valence-electron chi connectivity index (χ3n) is 5.24. The Kier molecular flexibility index (Phi) is 5.71. The van der Waals surface area contributed by atoms with Crippen LogP contribution in [0.4, 0.5) is 0 Å². The van der Waals surface area contributed by atoms with Crippen LogP contribution in [-0.4, -0.2) is 25.5 Å². The Morgan fingerprint density at radius 1 is 1.32 bits per heavy atom.